The quantitative estimate of drug-likeness (QED) is 0.150. The molecular weight excluding hydrogens is 617 g/mol. The van der Waals surface area contributed by atoms with Crippen molar-refractivity contribution in [2.45, 2.75) is 19.3 Å². The number of rotatable bonds is 5. The number of benzene rings is 4. The molecule has 8 rings (SSSR count). The number of fused-ring (bicyclic) bond motifs is 6. The van der Waals surface area contributed by atoms with Gasteiger partial charge >= 0.3 is 5.97 Å². The van der Waals surface area contributed by atoms with Crippen LogP contribution in [0.4, 0.5) is 0 Å². The first-order valence-corrected chi connectivity index (χ1v) is 16.6. The average Bonchev–Trinajstić information content (AvgIpc) is 3.76. The Morgan fingerprint density at radius 3 is 2.47 bits per heavy atom. The summed E-state index contributed by atoms with van der Waals surface area (Å²) >= 11 is 7.98. The number of aliphatic carboxylic acids is 1. The van der Waals surface area contributed by atoms with E-state index in [1.165, 1.54) is 33.0 Å². The number of carbonyl (C=O) groups excluding carboxylic acids is 1. The van der Waals surface area contributed by atoms with Gasteiger partial charge in [-0.1, -0.05) is 92.4 Å². The molecule has 0 bridgehead atoms. The van der Waals surface area contributed by atoms with Gasteiger partial charge in [0.2, 0.25) is 0 Å². The Morgan fingerprint density at radius 1 is 0.867 bits per heavy atom. The van der Waals surface area contributed by atoms with E-state index in [0.717, 1.165) is 48.7 Å². The second-order valence-electron chi connectivity index (χ2n) is 11.8. The first-order valence-electron chi connectivity index (χ1n) is 14.6. The molecule has 5 nitrogen and oxygen atoms in total. The van der Waals surface area contributed by atoms with E-state index in [4.69, 9.17) is 17.3 Å². The minimum Gasteiger partial charge on any atom is -0.480 e. The van der Waals surface area contributed by atoms with Crippen molar-refractivity contribution in [2.75, 3.05) is 6.54 Å². The van der Waals surface area contributed by atoms with E-state index in [-0.39, 0.29) is 15.6 Å². The van der Waals surface area contributed by atoms with Crippen molar-refractivity contribution in [3.8, 4) is 27.3 Å². The number of hydrogen-bond acceptors (Lipinski definition) is 5. The Hall–Kier alpha value is -4.50. The predicted octanol–water partition coefficient (Wildman–Crippen LogP) is 9.10. The summed E-state index contributed by atoms with van der Waals surface area (Å²) in [4.78, 5) is 27.5. The van der Waals surface area contributed by atoms with E-state index in [1.54, 1.807) is 17.4 Å². The lowest BCUT2D eigenvalue weighted by Crippen LogP contribution is -2.33. The molecule has 6 aromatic rings. The van der Waals surface area contributed by atoms with Crippen LogP contribution in [0.1, 0.15) is 29.9 Å². The Labute approximate surface area is 273 Å². The largest absolute Gasteiger partial charge is 0.480 e. The Kier molecular flexibility index (Phi) is 6.39. The van der Waals surface area contributed by atoms with Crippen LogP contribution in [-0.2, 0) is 15.0 Å². The minimum absolute atomic E-state index is 0.0822. The molecule has 0 unspecified atom stereocenters. The smallest absolute Gasteiger partial charge is 0.323 e. The third-order valence-corrected chi connectivity index (χ3v) is 11.3. The number of aromatic nitrogens is 1. The standard InChI is InChI=1S/C37H26N2O3S3/c1-37(2)28-9-5-3-7-24(28)25-14-12-22(18-29(25)37)39-30-10-6-4-8-26(30)27-17-21(11-15-31(27)39)32-16-13-23(44-32)19-33-35(42)38(20-34(40)41)36(43)45-33/h3-19H,20H2,1-2H3,(H,40,41)/b33-19+. The first-order chi connectivity index (χ1) is 21.7. The molecule has 45 heavy (non-hydrogen) atoms. The van der Waals surface area contributed by atoms with Gasteiger partial charge in [-0.25, -0.2) is 0 Å². The Balaban J connectivity index is 1.19. The summed E-state index contributed by atoms with van der Waals surface area (Å²) in [6.07, 6.45) is 1.80. The molecule has 1 aliphatic carbocycles. The van der Waals surface area contributed by atoms with Gasteiger partial charge in [0, 0.05) is 31.6 Å². The lowest BCUT2D eigenvalue weighted by Gasteiger charge is -2.22. The van der Waals surface area contributed by atoms with Crippen LogP contribution in [0.2, 0.25) is 0 Å². The summed E-state index contributed by atoms with van der Waals surface area (Å²) < 4.78 is 2.64. The van der Waals surface area contributed by atoms with Crippen molar-refractivity contribution in [1.82, 2.24) is 9.47 Å². The van der Waals surface area contributed by atoms with Crippen molar-refractivity contribution >= 4 is 79.4 Å². The molecule has 1 N–H and O–H groups in total. The predicted molar refractivity (Wildman–Crippen MR) is 189 cm³/mol. The van der Waals surface area contributed by atoms with Gasteiger partial charge in [-0.2, -0.15) is 0 Å². The van der Waals surface area contributed by atoms with Gasteiger partial charge in [0.25, 0.3) is 5.91 Å². The maximum atomic E-state index is 12.8. The molecule has 2 aliphatic rings. The van der Waals surface area contributed by atoms with Crippen molar-refractivity contribution < 1.29 is 14.7 Å². The topological polar surface area (TPSA) is 62.5 Å². The Bertz CT molecular complexity index is 2290. The summed E-state index contributed by atoms with van der Waals surface area (Å²) in [5.41, 5.74) is 9.80. The molecule has 4 aromatic carbocycles. The third-order valence-electron chi connectivity index (χ3n) is 8.85. The van der Waals surface area contributed by atoms with E-state index in [2.05, 4.69) is 109 Å². The van der Waals surface area contributed by atoms with Gasteiger partial charge in [0.05, 0.1) is 15.9 Å². The third kappa shape index (κ3) is 4.39. The molecule has 2 aromatic heterocycles. The van der Waals surface area contributed by atoms with E-state index < -0.39 is 12.5 Å². The molecule has 0 saturated carbocycles. The molecule has 3 heterocycles. The maximum absolute atomic E-state index is 12.8. The molecule has 0 atom stereocenters. The molecule has 1 saturated heterocycles. The molecule has 0 radical (unpaired) electrons. The van der Waals surface area contributed by atoms with Crippen LogP contribution >= 0.6 is 35.3 Å². The molecule has 220 valence electrons. The van der Waals surface area contributed by atoms with Crippen LogP contribution in [0.15, 0.2) is 102 Å². The summed E-state index contributed by atoms with van der Waals surface area (Å²) in [5, 5.41) is 11.5. The number of carbonyl (C=O) groups is 2. The van der Waals surface area contributed by atoms with E-state index in [9.17, 15) is 9.59 Å². The zero-order valence-electron chi connectivity index (χ0n) is 24.4. The second-order valence-corrected chi connectivity index (χ2v) is 14.6. The number of thioether (sulfide) groups is 1. The zero-order chi connectivity index (χ0) is 31.0. The summed E-state index contributed by atoms with van der Waals surface area (Å²) in [5.74, 6) is -1.45. The van der Waals surface area contributed by atoms with Crippen LogP contribution in [0.3, 0.4) is 0 Å². The highest BCUT2D eigenvalue weighted by Crippen LogP contribution is 2.49. The summed E-state index contributed by atoms with van der Waals surface area (Å²) in [6, 6.07) is 34.8. The zero-order valence-corrected chi connectivity index (χ0v) is 26.9. The highest BCUT2D eigenvalue weighted by Gasteiger charge is 2.36. The number of hydrogen-bond donors (Lipinski definition) is 1. The molecule has 8 heteroatoms. The maximum Gasteiger partial charge on any atom is 0.323 e. The van der Waals surface area contributed by atoms with Crippen LogP contribution < -0.4 is 0 Å². The summed E-state index contributed by atoms with van der Waals surface area (Å²) in [6.45, 7) is 4.20. The van der Waals surface area contributed by atoms with Crippen LogP contribution in [0.25, 0.3) is 55.1 Å². The fraction of sp³-hybridized carbons (Fsp3) is 0.108. The first kappa shape index (κ1) is 28.0. The van der Waals surface area contributed by atoms with Gasteiger partial charge < -0.3 is 9.67 Å². The number of carboxylic acids is 1. The van der Waals surface area contributed by atoms with Crippen LogP contribution in [-0.4, -0.2) is 37.3 Å². The fourth-order valence-electron chi connectivity index (χ4n) is 6.72. The molecule has 1 amide bonds. The van der Waals surface area contributed by atoms with E-state index in [1.807, 2.05) is 6.07 Å². The highest BCUT2D eigenvalue weighted by atomic mass is 32.2. The van der Waals surface area contributed by atoms with Crippen molar-refractivity contribution in [3.63, 3.8) is 0 Å². The normalized spacial score (nSPS) is 16.2. The number of nitrogens with zero attached hydrogens (tertiary/aromatic N) is 2. The van der Waals surface area contributed by atoms with Crippen LogP contribution in [0.5, 0.6) is 0 Å². The molecule has 1 aliphatic heterocycles. The molecule has 0 spiro atoms. The molecule has 1 fully saturated rings. The fourth-order valence-corrected chi connectivity index (χ4v) is 8.99. The second kappa shape index (κ2) is 10.3. The SMILES string of the molecule is CC1(C)c2ccccc2-c2ccc(-n3c4ccccc4c4cc(-c5ccc(/C=C6/SC(=S)N(CC(=O)O)C6=O)s5)ccc43)cc21. The number of thiocarbonyl (C=S) groups is 1. The molecular formula is C37H26N2O3S3. The van der Waals surface area contributed by atoms with Gasteiger partial charge in [0.15, 0.2) is 0 Å². The van der Waals surface area contributed by atoms with Gasteiger partial charge in [-0.05, 0) is 76.4 Å². The van der Waals surface area contributed by atoms with Crippen molar-refractivity contribution in [2.24, 2.45) is 0 Å². The van der Waals surface area contributed by atoms with Crippen molar-refractivity contribution in [3.05, 3.63) is 118 Å². The lowest BCUT2D eigenvalue weighted by molar-refractivity contribution is -0.140. The van der Waals surface area contributed by atoms with Gasteiger partial charge in [-0.3, -0.25) is 14.5 Å². The number of para-hydroxylation sites is 1. The number of amides is 1. The van der Waals surface area contributed by atoms with E-state index >= 15 is 0 Å². The Morgan fingerprint density at radius 2 is 1.62 bits per heavy atom. The van der Waals surface area contributed by atoms with Crippen molar-refractivity contribution in [1.29, 1.82) is 0 Å². The van der Waals surface area contributed by atoms with E-state index in [0.29, 0.717) is 4.91 Å². The number of carboxylic acid groups (broad SMARTS) is 1. The minimum atomic E-state index is -1.09. The number of thiophene rings is 1. The van der Waals surface area contributed by atoms with Gasteiger partial charge in [-0.15, -0.1) is 11.3 Å². The van der Waals surface area contributed by atoms with Gasteiger partial charge in [0.1, 0.15) is 10.9 Å². The summed E-state index contributed by atoms with van der Waals surface area (Å²) in [7, 11) is 0. The highest BCUT2D eigenvalue weighted by molar-refractivity contribution is 8.26. The average molecular weight is 643 g/mol. The lowest BCUT2D eigenvalue weighted by atomic mass is 9.82. The van der Waals surface area contributed by atoms with Crippen LogP contribution in [0, 0.1) is 0 Å². The monoisotopic (exact) mass is 642 g/mol.